The van der Waals surface area contributed by atoms with Crippen molar-refractivity contribution in [2.45, 2.75) is 0 Å². The van der Waals surface area contributed by atoms with Gasteiger partial charge in [0.2, 0.25) is 0 Å². The maximum absolute atomic E-state index is 5.27. The predicted octanol–water partition coefficient (Wildman–Crippen LogP) is -1.25. The zero-order valence-electron chi connectivity index (χ0n) is 4.67. The minimum Gasteiger partial charge on any atom is -0.329 e. The molecule has 0 spiro atoms. The zero-order valence-corrected chi connectivity index (χ0v) is 4.67. The lowest BCUT2D eigenvalue weighted by Crippen LogP contribution is -2.35. The smallest absolute Gasteiger partial charge is 0.110 e. The SMILES string of the molecule is NCCN1CN=CN1. The van der Waals surface area contributed by atoms with Crippen LogP contribution in [0.4, 0.5) is 0 Å². The van der Waals surface area contributed by atoms with Gasteiger partial charge < -0.3 is 11.2 Å². The van der Waals surface area contributed by atoms with E-state index in [1.807, 2.05) is 5.01 Å². The van der Waals surface area contributed by atoms with Gasteiger partial charge in [0.15, 0.2) is 0 Å². The lowest BCUT2D eigenvalue weighted by Gasteiger charge is -2.11. The summed E-state index contributed by atoms with van der Waals surface area (Å²) in [5.74, 6) is 0. The van der Waals surface area contributed by atoms with Gasteiger partial charge in [-0.1, -0.05) is 0 Å². The van der Waals surface area contributed by atoms with Crippen LogP contribution in [-0.4, -0.2) is 31.1 Å². The van der Waals surface area contributed by atoms with Crippen molar-refractivity contribution in [1.82, 2.24) is 10.4 Å². The number of hydrogen-bond acceptors (Lipinski definition) is 4. The molecule has 0 aromatic rings. The van der Waals surface area contributed by atoms with Gasteiger partial charge in [-0.05, 0) is 0 Å². The molecule has 0 aromatic heterocycles. The fourth-order valence-electron chi connectivity index (χ4n) is 0.594. The molecule has 0 saturated carbocycles. The Morgan fingerprint density at radius 1 is 1.88 bits per heavy atom. The summed E-state index contributed by atoms with van der Waals surface area (Å²) < 4.78 is 0. The van der Waals surface area contributed by atoms with E-state index in [0.717, 1.165) is 13.2 Å². The number of aliphatic imine (C=N–C) groups is 1. The first-order chi connectivity index (χ1) is 3.93. The second-order valence-corrected chi connectivity index (χ2v) is 1.63. The summed E-state index contributed by atoms with van der Waals surface area (Å²) in [6.45, 7) is 2.27. The average molecular weight is 114 g/mol. The third kappa shape index (κ3) is 1.18. The molecule has 4 heteroatoms. The molecule has 4 nitrogen and oxygen atoms in total. The number of rotatable bonds is 2. The van der Waals surface area contributed by atoms with Crippen molar-refractivity contribution in [3.8, 4) is 0 Å². The van der Waals surface area contributed by atoms with Crippen molar-refractivity contribution < 1.29 is 0 Å². The van der Waals surface area contributed by atoms with E-state index in [0.29, 0.717) is 6.54 Å². The highest BCUT2D eigenvalue weighted by atomic mass is 15.6. The minimum atomic E-state index is 0.677. The Balaban J connectivity index is 2.10. The van der Waals surface area contributed by atoms with E-state index in [4.69, 9.17) is 5.73 Å². The van der Waals surface area contributed by atoms with Crippen molar-refractivity contribution in [3.05, 3.63) is 0 Å². The van der Waals surface area contributed by atoms with E-state index >= 15 is 0 Å². The summed E-state index contributed by atoms with van der Waals surface area (Å²) in [6.07, 6.45) is 1.68. The standard InChI is InChI=1S/C4H10N4/c5-1-2-8-4-6-3-7-8/h3H,1-2,4-5H2,(H,6,7). The third-order valence-electron chi connectivity index (χ3n) is 0.983. The van der Waals surface area contributed by atoms with Crippen molar-refractivity contribution in [2.75, 3.05) is 19.8 Å². The van der Waals surface area contributed by atoms with Crippen molar-refractivity contribution >= 4 is 6.34 Å². The molecule has 0 aromatic carbocycles. The molecule has 0 atom stereocenters. The summed E-state index contributed by atoms with van der Waals surface area (Å²) in [5.41, 5.74) is 8.19. The molecule has 1 heterocycles. The third-order valence-corrected chi connectivity index (χ3v) is 0.983. The van der Waals surface area contributed by atoms with Crippen LogP contribution in [0.2, 0.25) is 0 Å². The molecule has 0 aliphatic carbocycles. The van der Waals surface area contributed by atoms with Crippen molar-refractivity contribution in [1.29, 1.82) is 0 Å². The van der Waals surface area contributed by atoms with Crippen LogP contribution in [0, 0.1) is 0 Å². The number of nitrogens with one attached hydrogen (secondary N) is 1. The lowest BCUT2D eigenvalue weighted by atomic mass is 10.6. The highest BCUT2D eigenvalue weighted by Crippen LogP contribution is 1.84. The summed E-state index contributed by atoms with van der Waals surface area (Å²) in [4.78, 5) is 3.92. The Morgan fingerprint density at radius 3 is 3.25 bits per heavy atom. The molecular formula is C4H10N4. The van der Waals surface area contributed by atoms with E-state index < -0.39 is 0 Å². The Hall–Kier alpha value is -0.610. The second kappa shape index (κ2) is 2.64. The van der Waals surface area contributed by atoms with E-state index in [-0.39, 0.29) is 0 Å². The highest BCUT2D eigenvalue weighted by Gasteiger charge is 2.01. The molecular weight excluding hydrogens is 104 g/mol. The first kappa shape index (κ1) is 5.53. The molecule has 0 saturated heterocycles. The van der Waals surface area contributed by atoms with Crippen molar-refractivity contribution in [3.63, 3.8) is 0 Å². The van der Waals surface area contributed by atoms with Gasteiger partial charge in [-0.15, -0.1) is 0 Å². The topological polar surface area (TPSA) is 53.6 Å². The van der Waals surface area contributed by atoms with Gasteiger partial charge >= 0.3 is 0 Å². The summed E-state index contributed by atoms with van der Waals surface area (Å²) in [6, 6.07) is 0. The van der Waals surface area contributed by atoms with Gasteiger partial charge in [0.1, 0.15) is 6.67 Å². The number of hydrazine groups is 1. The molecule has 0 fully saturated rings. The van der Waals surface area contributed by atoms with E-state index in [1.165, 1.54) is 0 Å². The van der Waals surface area contributed by atoms with E-state index in [1.54, 1.807) is 6.34 Å². The molecule has 8 heavy (non-hydrogen) atoms. The molecule has 0 unspecified atom stereocenters. The maximum atomic E-state index is 5.27. The quantitative estimate of drug-likeness (QED) is 0.471. The maximum Gasteiger partial charge on any atom is 0.110 e. The Kier molecular flexibility index (Phi) is 1.82. The van der Waals surface area contributed by atoms with Crippen LogP contribution in [0.15, 0.2) is 4.99 Å². The number of nitrogens with zero attached hydrogens (tertiary/aromatic N) is 2. The van der Waals surface area contributed by atoms with Gasteiger partial charge in [-0.3, -0.25) is 4.99 Å². The summed E-state index contributed by atoms with van der Waals surface area (Å²) in [5, 5.41) is 1.94. The number of nitrogens with two attached hydrogens (primary N) is 1. The molecule has 1 rings (SSSR count). The normalized spacial score (nSPS) is 19.1. The Bertz CT molecular complexity index is 82.0. The van der Waals surface area contributed by atoms with Crippen LogP contribution in [0.3, 0.4) is 0 Å². The highest BCUT2D eigenvalue weighted by molar-refractivity contribution is 5.54. The lowest BCUT2D eigenvalue weighted by molar-refractivity contribution is 0.276. The average Bonchev–Trinajstić information content (AvgIpc) is 2.19. The Labute approximate surface area is 48.3 Å². The van der Waals surface area contributed by atoms with Gasteiger partial charge in [-0.25, -0.2) is 5.01 Å². The molecule has 0 radical (unpaired) electrons. The zero-order chi connectivity index (χ0) is 5.82. The van der Waals surface area contributed by atoms with Gasteiger partial charge in [-0.2, -0.15) is 0 Å². The van der Waals surface area contributed by atoms with Crippen LogP contribution in [-0.2, 0) is 0 Å². The molecule has 1 aliphatic heterocycles. The molecule has 3 N–H and O–H groups in total. The fourth-order valence-corrected chi connectivity index (χ4v) is 0.594. The number of hydrogen-bond donors (Lipinski definition) is 2. The van der Waals surface area contributed by atoms with E-state index in [2.05, 4.69) is 10.4 Å². The van der Waals surface area contributed by atoms with Crippen molar-refractivity contribution in [2.24, 2.45) is 10.7 Å². The monoisotopic (exact) mass is 114 g/mol. The van der Waals surface area contributed by atoms with Gasteiger partial charge in [0, 0.05) is 13.1 Å². The van der Waals surface area contributed by atoms with Crippen LogP contribution < -0.4 is 11.2 Å². The predicted molar refractivity (Wildman–Crippen MR) is 32.3 cm³/mol. The first-order valence-corrected chi connectivity index (χ1v) is 2.63. The van der Waals surface area contributed by atoms with E-state index in [9.17, 15) is 0 Å². The first-order valence-electron chi connectivity index (χ1n) is 2.63. The van der Waals surface area contributed by atoms with Crippen LogP contribution in [0.25, 0.3) is 0 Å². The minimum absolute atomic E-state index is 0.677. The van der Waals surface area contributed by atoms with Gasteiger partial charge in [0.05, 0.1) is 6.34 Å². The van der Waals surface area contributed by atoms with Crippen LogP contribution in [0.1, 0.15) is 0 Å². The largest absolute Gasteiger partial charge is 0.329 e. The molecule has 0 amide bonds. The summed E-state index contributed by atoms with van der Waals surface area (Å²) in [7, 11) is 0. The Morgan fingerprint density at radius 2 is 2.75 bits per heavy atom. The van der Waals surface area contributed by atoms with Crippen LogP contribution in [0.5, 0.6) is 0 Å². The molecule has 46 valence electrons. The summed E-state index contributed by atoms with van der Waals surface area (Å²) >= 11 is 0. The molecule has 1 aliphatic rings. The van der Waals surface area contributed by atoms with Gasteiger partial charge in [0.25, 0.3) is 0 Å². The molecule has 0 bridgehead atoms. The van der Waals surface area contributed by atoms with Crippen LogP contribution >= 0.6 is 0 Å². The second-order valence-electron chi connectivity index (χ2n) is 1.63. The fraction of sp³-hybridized carbons (Fsp3) is 0.750.